The van der Waals surface area contributed by atoms with Crippen LogP contribution in [0, 0.1) is 116 Å². The Hall–Kier alpha value is -7.53. The summed E-state index contributed by atoms with van der Waals surface area (Å²) in [6.07, 6.45) is -3.51. The Morgan fingerprint density at radius 1 is 0.309 bits per heavy atom. The van der Waals surface area contributed by atoms with Gasteiger partial charge in [-0.05, 0) is 0 Å². The van der Waals surface area contributed by atoms with Gasteiger partial charge in [0.05, 0.1) is 0 Å². The lowest BCUT2D eigenvalue weighted by atomic mass is 9.12. The second-order valence-electron chi connectivity index (χ2n) is 14.0. The van der Waals surface area contributed by atoms with Crippen LogP contribution in [0.15, 0.2) is 85.2 Å². The van der Waals surface area contributed by atoms with Crippen LogP contribution < -0.4 is 26.4 Å². The van der Waals surface area contributed by atoms with Crippen molar-refractivity contribution in [2.45, 2.75) is 6.54 Å². The summed E-state index contributed by atoms with van der Waals surface area (Å²) in [6.45, 7) is 0.285. The summed E-state index contributed by atoms with van der Waals surface area (Å²) in [7, 11) is 0. The van der Waals surface area contributed by atoms with Gasteiger partial charge in [0.25, 0.3) is 0 Å². The molecule has 0 aliphatic heterocycles. The third-order valence-electron chi connectivity index (χ3n) is 10.3. The number of benzene rings is 6. The number of aromatic nitrogens is 1. The van der Waals surface area contributed by atoms with Crippen molar-refractivity contribution in [2.75, 3.05) is 0 Å². The molecule has 352 valence electrons. The summed E-state index contributed by atoms with van der Waals surface area (Å²) in [6, 6.07) is 21.6. The van der Waals surface area contributed by atoms with Crippen molar-refractivity contribution in [2.24, 2.45) is 0 Å². The fourth-order valence-electron chi connectivity index (χ4n) is 7.23. The molecular weight excluding hydrogens is 965 g/mol. The Morgan fingerprint density at radius 2 is 0.544 bits per heavy atom. The second-order valence-corrected chi connectivity index (χ2v) is 14.0. The summed E-state index contributed by atoms with van der Waals surface area (Å²) < 4.78 is 296. The minimum Gasteiger partial charge on any atom is -0.289 e. The molecule has 0 aliphatic rings. The first-order valence-corrected chi connectivity index (χ1v) is 18.3. The highest BCUT2D eigenvalue weighted by molar-refractivity contribution is 7.20. The van der Waals surface area contributed by atoms with Gasteiger partial charge in [-0.3, -0.25) is 9.59 Å². The predicted octanol–water partition coefficient (Wildman–Crippen LogP) is 8.93. The van der Waals surface area contributed by atoms with Crippen molar-refractivity contribution in [3.8, 4) is 0 Å². The van der Waals surface area contributed by atoms with Crippen LogP contribution in [0.2, 0.25) is 0 Å². The smallest absolute Gasteiger partial charge is 0.227 e. The van der Waals surface area contributed by atoms with E-state index < -0.39 is 144 Å². The first kappa shape index (κ1) is 49.9. The number of carbonyl (C=O) groups is 2. The van der Waals surface area contributed by atoms with Crippen LogP contribution in [0.1, 0.15) is 26.3 Å². The normalized spacial score (nSPS) is 11.4. The van der Waals surface area contributed by atoms with Crippen molar-refractivity contribution in [3.05, 3.63) is 218 Å². The molecule has 3 nitrogen and oxygen atoms in total. The lowest BCUT2D eigenvalue weighted by molar-refractivity contribution is -0.683. The molecule has 0 aliphatic carbocycles. The number of hydrogen-bond acceptors (Lipinski definition) is 2. The number of Topliss-reactive ketones (excluding diaryl/α,β-unsaturated/α-hetero) is 1. The average Bonchev–Trinajstić information content (AvgIpc) is 3.34. The number of pyridine rings is 1. The molecule has 0 atom stereocenters. The number of halogens is 20. The van der Waals surface area contributed by atoms with Crippen LogP contribution in [0.25, 0.3) is 0 Å². The average molecular weight is 981 g/mol. The lowest BCUT2D eigenvalue weighted by Gasteiger charge is -2.44. The quantitative estimate of drug-likeness (QED) is 0.0362. The highest BCUT2D eigenvalue weighted by Gasteiger charge is 2.52. The van der Waals surface area contributed by atoms with Crippen LogP contribution in [0.3, 0.4) is 0 Å². The molecule has 0 amide bonds. The summed E-state index contributed by atoms with van der Waals surface area (Å²) in [5.41, 5.74) is -12.5. The van der Waals surface area contributed by atoms with E-state index in [0.29, 0.717) is 16.7 Å². The van der Waals surface area contributed by atoms with Crippen molar-refractivity contribution in [1.29, 1.82) is 0 Å². The van der Waals surface area contributed by atoms with Crippen LogP contribution in [0.4, 0.5) is 87.8 Å². The summed E-state index contributed by atoms with van der Waals surface area (Å²) in [5.74, 6) is -71.4. The van der Waals surface area contributed by atoms with Crippen molar-refractivity contribution < 1.29 is 102 Å². The summed E-state index contributed by atoms with van der Waals surface area (Å²) >= 11 is 0. The van der Waals surface area contributed by atoms with Gasteiger partial charge in [-0.1, -0.05) is 60.7 Å². The van der Waals surface area contributed by atoms with Crippen LogP contribution in [-0.2, 0) is 6.54 Å². The Bertz CT molecular complexity index is 2790. The van der Waals surface area contributed by atoms with Gasteiger partial charge in [0.2, 0.25) is 12.3 Å². The maximum absolute atomic E-state index is 15.4. The van der Waals surface area contributed by atoms with Crippen molar-refractivity contribution >= 4 is 39.6 Å². The molecule has 7 aromatic rings. The molecule has 1 heterocycles. The molecule has 0 saturated heterocycles. The Morgan fingerprint density at radius 3 is 0.838 bits per heavy atom. The number of nitrogens with zero attached hydrogens (tertiary/aromatic N) is 1. The minimum atomic E-state index is -7.22. The molecule has 0 fully saturated rings. The van der Waals surface area contributed by atoms with Gasteiger partial charge in [0, 0.05) is 28.8 Å². The molecule has 1 aromatic heterocycles. The Labute approximate surface area is 366 Å². The van der Waals surface area contributed by atoms with E-state index >= 15 is 35.1 Å². The molecule has 0 bridgehead atoms. The van der Waals surface area contributed by atoms with Gasteiger partial charge in [0.15, 0.2) is 88.0 Å². The fraction of sp³-hybridized carbons (Fsp3) is 0.0227. The topological polar surface area (TPSA) is 38.0 Å². The third-order valence-corrected chi connectivity index (χ3v) is 10.3. The SMILES string of the molecule is Fc1c(F)c(F)c([B-](c2c(F)c(F)c(F)c(F)c2F)(c2c(F)c(F)c(F)c(F)c2F)c2c(F)c(F)c(F)c(F)c2F)c(F)c1F.O=C(C[n+]1ccccc1)c1ccc(C(=O)c2ccccc2)cc1. The van der Waals surface area contributed by atoms with Gasteiger partial charge in [-0.15, -0.1) is 21.9 Å². The van der Waals surface area contributed by atoms with Crippen LogP contribution >= 0.6 is 0 Å². The van der Waals surface area contributed by atoms with Crippen LogP contribution in [-0.4, -0.2) is 17.7 Å². The van der Waals surface area contributed by atoms with E-state index in [4.69, 9.17) is 0 Å². The fourth-order valence-corrected chi connectivity index (χ4v) is 7.23. The third kappa shape index (κ3) is 8.09. The van der Waals surface area contributed by atoms with Gasteiger partial charge in [-0.25, -0.2) is 87.8 Å². The Balaban J connectivity index is 0.000000276. The zero-order chi connectivity index (χ0) is 50.4. The molecule has 0 radical (unpaired) electrons. The zero-order valence-electron chi connectivity index (χ0n) is 32.7. The van der Waals surface area contributed by atoms with E-state index in [2.05, 4.69) is 0 Å². The summed E-state index contributed by atoms with van der Waals surface area (Å²) in [4.78, 5) is 24.6. The van der Waals surface area contributed by atoms with E-state index in [-0.39, 0.29) is 18.1 Å². The lowest BCUT2D eigenvalue weighted by Crippen LogP contribution is -2.81. The largest absolute Gasteiger partial charge is 0.289 e. The van der Waals surface area contributed by atoms with E-state index in [0.717, 1.165) is 0 Å². The molecule has 24 heteroatoms. The maximum atomic E-state index is 15.4. The number of hydrogen-bond donors (Lipinski definition) is 0. The first-order valence-electron chi connectivity index (χ1n) is 18.3. The molecule has 0 saturated carbocycles. The van der Waals surface area contributed by atoms with E-state index in [9.17, 15) is 62.3 Å². The highest BCUT2D eigenvalue weighted by Crippen LogP contribution is 2.31. The van der Waals surface area contributed by atoms with Crippen molar-refractivity contribution in [1.82, 2.24) is 0 Å². The molecule has 0 N–H and O–H groups in total. The summed E-state index contributed by atoms with van der Waals surface area (Å²) in [5, 5.41) is 0. The van der Waals surface area contributed by atoms with Gasteiger partial charge in [-0.2, -0.15) is 4.57 Å². The number of ketones is 2. The molecule has 0 spiro atoms. The van der Waals surface area contributed by atoms with Gasteiger partial charge >= 0.3 is 0 Å². The molecule has 68 heavy (non-hydrogen) atoms. The predicted molar refractivity (Wildman–Crippen MR) is 197 cm³/mol. The Kier molecular flexibility index (Phi) is 13.9. The second kappa shape index (κ2) is 19.0. The maximum Gasteiger partial charge on any atom is 0.227 e. The van der Waals surface area contributed by atoms with Gasteiger partial charge < -0.3 is 0 Å². The van der Waals surface area contributed by atoms with Crippen molar-refractivity contribution in [3.63, 3.8) is 0 Å². The highest BCUT2D eigenvalue weighted by atomic mass is 19.2. The molecule has 0 unspecified atom stereocenters. The standard InChI is InChI=1S/C24BF20.C20H16NO2/c26-5-1(6(27)14(35)21(42)13(5)34)25(2-7(28)15(36)22(43)16(37)8(2)29,3-9(30)17(38)23(44)18(39)10(3)31)4-11(32)19(40)24(45)20(41)12(4)33;22-19(15-21-13-5-2-6-14-21)16-9-11-18(12-10-16)20(23)17-7-3-1-4-8-17/h;1-14H,15H2/q-1;+1. The van der Waals surface area contributed by atoms with E-state index in [1.54, 1.807) is 36.4 Å². The zero-order valence-corrected chi connectivity index (χ0v) is 32.7. The van der Waals surface area contributed by atoms with Crippen LogP contribution in [0.5, 0.6) is 0 Å². The monoisotopic (exact) mass is 981 g/mol. The first-order chi connectivity index (χ1) is 31.9. The number of rotatable bonds is 9. The van der Waals surface area contributed by atoms with E-state index in [1.165, 1.54) is 0 Å². The molecule has 7 rings (SSSR count). The number of carbonyl (C=O) groups excluding carboxylic acids is 2. The molecule has 6 aromatic carbocycles. The van der Waals surface area contributed by atoms with E-state index in [1.807, 2.05) is 53.4 Å². The van der Waals surface area contributed by atoms with Gasteiger partial charge in [0.1, 0.15) is 52.7 Å². The minimum absolute atomic E-state index is 0.0138. The molecular formula is C44H16BF20NO2.